The molecule has 3 rings (SSSR count). The van der Waals surface area contributed by atoms with Crippen molar-refractivity contribution in [1.82, 2.24) is 15.0 Å². The van der Waals surface area contributed by atoms with Crippen LogP contribution in [0.15, 0.2) is 69.8 Å². The van der Waals surface area contributed by atoms with E-state index < -0.39 is 0 Å². The van der Waals surface area contributed by atoms with Gasteiger partial charge in [-0.3, -0.25) is 0 Å². The fraction of sp³-hybridized carbons (Fsp3) is 0. The van der Waals surface area contributed by atoms with Crippen LogP contribution >= 0.6 is 0 Å². The number of hydrogen-bond acceptors (Lipinski definition) is 6. The van der Waals surface area contributed by atoms with Gasteiger partial charge in [0.15, 0.2) is 19.2 Å². The molecule has 3 aromatic rings. The largest absolute Gasteiger partial charge is 3.00 e. The Labute approximate surface area is 104 Å². The summed E-state index contributed by atoms with van der Waals surface area (Å²) in [6.45, 7) is 0. The first-order valence-corrected chi connectivity index (χ1v) is 3.96. The number of rotatable bonds is 0. The van der Waals surface area contributed by atoms with Crippen molar-refractivity contribution in [2.75, 3.05) is 0 Å². The average Bonchev–Trinajstić information content (AvgIpc) is 3.09. The Balaban J connectivity index is 0.000000205. The number of hydrogen-bond donors (Lipinski definition) is 0. The van der Waals surface area contributed by atoms with Crippen molar-refractivity contribution in [3.63, 3.8) is 0 Å². The van der Waals surface area contributed by atoms with Gasteiger partial charge in [0, 0.05) is 0 Å². The summed E-state index contributed by atoms with van der Waals surface area (Å²) in [5.74, 6) is 0. The summed E-state index contributed by atoms with van der Waals surface area (Å²) >= 11 is 0. The predicted octanol–water partition coefficient (Wildman–Crippen LogP) is 2.02. The Bertz CT molecular complexity index is 258. The van der Waals surface area contributed by atoms with E-state index in [0.717, 1.165) is 0 Å². The minimum atomic E-state index is 0. The minimum absolute atomic E-state index is 0. The Morgan fingerprint density at radius 2 is 0.875 bits per heavy atom. The van der Waals surface area contributed by atoms with Gasteiger partial charge in [-0.1, -0.05) is 0 Å². The normalized spacial score (nSPS) is 7.50. The molecule has 84 valence electrons. The summed E-state index contributed by atoms with van der Waals surface area (Å²) in [6.07, 6.45) is 13.4. The quantitative estimate of drug-likeness (QED) is 0.591. The molecule has 0 aliphatic heterocycles. The third kappa shape index (κ3) is 8.83. The Morgan fingerprint density at radius 1 is 0.562 bits per heavy atom. The smallest absolute Gasteiger partial charge is 0.452 e. The first kappa shape index (κ1) is 14.3. The van der Waals surface area contributed by atoms with Crippen molar-refractivity contribution in [2.24, 2.45) is 0 Å². The summed E-state index contributed by atoms with van der Waals surface area (Å²) in [5, 5.41) is 0. The summed E-state index contributed by atoms with van der Waals surface area (Å²) in [7, 11) is 0. The second-order valence-electron chi connectivity index (χ2n) is 2.03. The zero-order chi connectivity index (χ0) is 10.6. The SMILES string of the molecule is [Rh+3].c1cocn1.c1cocn1.c1cocn1. The fourth-order valence-electron chi connectivity index (χ4n) is 0.527. The van der Waals surface area contributed by atoms with Crippen LogP contribution in [-0.2, 0) is 19.5 Å². The van der Waals surface area contributed by atoms with E-state index in [-0.39, 0.29) is 19.5 Å². The van der Waals surface area contributed by atoms with Gasteiger partial charge in [-0.2, -0.15) is 0 Å². The molecular formula is C9H9N3O3Rh+3. The molecule has 0 amide bonds. The van der Waals surface area contributed by atoms with Crippen LogP contribution in [0.1, 0.15) is 0 Å². The van der Waals surface area contributed by atoms with Gasteiger partial charge in [-0.15, -0.1) is 0 Å². The average molecular weight is 310 g/mol. The van der Waals surface area contributed by atoms with Crippen LogP contribution in [0.5, 0.6) is 0 Å². The summed E-state index contributed by atoms with van der Waals surface area (Å²) in [6, 6.07) is 0. The molecule has 0 saturated carbocycles. The first-order chi connectivity index (χ1) is 7.50. The molecule has 3 aromatic heterocycles. The van der Waals surface area contributed by atoms with E-state index in [2.05, 4.69) is 28.2 Å². The van der Waals surface area contributed by atoms with E-state index >= 15 is 0 Å². The molecule has 0 N–H and O–H groups in total. The summed E-state index contributed by atoms with van der Waals surface area (Å²) in [4.78, 5) is 10.7. The molecule has 16 heavy (non-hydrogen) atoms. The molecule has 0 radical (unpaired) electrons. The molecule has 0 atom stereocenters. The molecule has 7 heteroatoms. The summed E-state index contributed by atoms with van der Waals surface area (Å²) < 4.78 is 13.4. The maximum absolute atomic E-state index is 4.47. The molecule has 0 spiro atoms. The second-order valence-corrected chi connectivity index (χ2v) is 2.03. The molecule has 0 unspecified atom stereocenters. The first-order valence-electron chi connectivity index (χ1n) is 3.96. The fourth-order valence-corrected chi connectivity index (χ4v) is 0.527. The van der Waals surface area contributed by atoms with E-state index in [9.17, 15) is 0 Å². The zero-order valence-electron chi connectivity index (χ0n) is 8.10. The minimum Gasteiger partial charge on any atom is -0.452 e. The summed E-state index contributed by atoms with van der Waals surface area (Å²) in [5.41, 5.74) is 0. The van der Waals surface area contributed by atoms with Crippen molar-refractivity contribution >= 4 is 0 Å². The molecule has 0 fully saturated rings. The Hall–Kier alpha value is -1.75. The predicted molar refractivity (Wildman–Crippen MR) is 49.5 cm³/mol. The van der Waals surface area contributed by atoms with Crippen LogP contribution < -0.4 is 0 Å². The van der Waals surface area contributed by atoms with Crippen LogP contribution in [0.4, 0.5) is 0 Å². The van der Waals surface area contributed by atoms with Crippen molar-refractivity contribution in [1.29, 1.82) is 0 Å². The van der Waals surface area contributed by atoms with Crippen molar-refractivity contribution < 1.29 is 32.7 Å². The van der Waals surface area contributed by atoms with Gasteiger partial charge in [-0.25, -0.2) is 15.0 Å². The molecule has 0 saturated heterocycles. The maximum Gasteiger partial charge on any atom is 3.00 e. The van der Waals surface area contributed by atoms with Crippen molar-refractivity contribution in [2.45, 2.75) is 0 Å². The second kappa shape index (κ2) is 11.3. The molecule has 0 aliphatic rings. The van der Waals surface area contributed by atoms with Gasteiger partial charge >= 0.3 is 19.5 Å². The van der Waals surface area contributed by atoms with Gasteiger partial charge in [0.25, 0.3) is 0 Å². The van der Waals surface area contributed by atoms with Gasteiger partial charge in [0.05, 0.1) is 18.6 Å². The number of oxazole rings is 3. The van der Waals surface area contributed by atoms with E-state index in [1.54, 1.807) is 18.6 Å². The number of aromatic nitrogens is 3. The number of nitrogens with zero attached hydrogens (tertiary/aromatic N) is 3. The van der Waals surface area contributed by atoms with Crippen molar-refractivity contribution in [3.05, 3.63) is 56.6 Å². The van der Waals surface area contributed by atoms with Crippen LogP contribution in [0.25, 0.3) is 0 Å². The maximum atomic E-state index is 4.47. The van der Waals surface area contributed by atoms with Crippen molar-refractivity contribution in [3.8, 4) is 0 Å². The Kier molecular flexibility index (Phi) is 10.1. The van der Waals surface area contributed by atoms with E-state index in [0.29, 0.717) is 0 Å². The zero-order valence-corrected chi connectivity index (χ0v) is 9.73. The molecule has 3 heterocycles. The van der Waals surface area contributed by atoms with E-state index in [1.165, 1.54) is 38.0 Å². The molecular weight excluding hydrogens is 301 g/mol. The Morgan fingerprint density at radius 3 is 0.938 bits per heavy atom. The molecule has 0 aromatic carbocycles. The van der Waals surface area contributed by atoms with E-state index in [4.69, 9.17) is 0 Å². The monoisotopic (exact) mass is 310 g/mol. The third-order valence-electron chi connectivity index (χ3n) is 1.04. The van der Waals surface area contributed by atoms with Crippen LogP contribution in [0, 0.1) is 0 Å². The van der Waals surface area contributed by atoms with Gasteiger partial charge < -0.3 is 13.3 Å². The van der Waals surface area contributed by atoms with Crippen LogP contribution in [0.2, 0.25) is 0 Å². The van der Waals surface area contributed by atoms with Gasteiger partial charge in [0.2, 0.25) is 0 Å². The third-order valence-corrected chi connectivity index (χ3v) is 1.04. The topological polar surface area (TPSA) is 78.1 Å². The molecule has 0 bridgehead atoms. The van der Waals surface area contributed by atoms with E-state index in [1.807, 2.05) is 0 Å². The standard InChI is InChI=1S/3C3H3NO.Rh/c3*1-2-5-3-4-1;/h3*1-3H;/q;;;+3. The molecule has 0 aliphatic carbocycles. The molecule has 6 nitrogen and oxygen atoms in total. The van der Waals surface area contributed by atoms with Gasteiger partial charge in [0.1, 0.15) is 18.8 Å². The van der Waals surface area contributed by atoms with Crippen LogP contribution in [-0.4, -0.2) is 15.0 Å². The van der Waals surface area contributed by atoms with Gasteiger partial charge in [-0.05, 0) is 0 Å². The van der Waals surface area contributed by atoms with Crippen LogP contribution in [0.3, 0.4) is 0 Å².